The lowest BCUT2D eigenvalue weighted by Crippen LogP contribution is -2.15. The van der Waals surface area contributed by atoms with E-state index in [1.54, 1.807) is 4.68 Å². The third-order valence-electron chi connectivity index (χ3n) is 4.57. The second kappa shape index (κ2) is 9.26. The van der Waals surface area contributed by atoms with Crippen molar-refractivity contribution in [1.29, 1.82) is 0 Å². The fraction of sp³-hybridized carbons (Fsp3) is 0.143. The van der Waals surface area contributed by atoms with Gasteiger partial charge in [0.1, 0.15) is 12.1 Å². The predicted octanol–water partition coefficient (Wildman–Crippen LogP) is 3.17. The van der Waals surface area contributed by atoms with Crippen molar-refractivity contribution in [2.45, 2.75) is 20.2 Å². The first-order chi connectivity index (χ1) is 15.9. The number of hydrogen-bond donors (Lipinski definition) is 1. The van der Waals surface area contributed by atoms with Crippen LogP contribution in [0.4, 0.5) is 16.0 Å². The maximum atomic E-state index is 13.4. The molecule has 0 saturated heterocycles. The minimum Gasteiger partial charge on any atom is -0.464 e. The van der Waals surface area contributed by atoms with E-state index in [0.717, 1.165) is 29.3 Å². The van der Waals surface area contributed by atoms with Crippen molar-refractivity contribution in [3.63, 3.8) is 0 Å². The van der Waals surface area contributed by atoms with Gasteiger partial charge in [-0.2, -0.15) is 5.10 Å². The molecule has 2 aromatic carbocycles. The Bertz CT molecular complexity index is 1300. The summed E-state index contributed by atoms with van der Waals surface area (Å²) in [5.74, 6) is -1.35. The number of nitrogens with zero attached hydrogens (tertiary/aromatic N) is 6. The van der Waals surface area contributed by atoms with E-state index in [2.05, 4.69) is 20.5 Å². The fourth-order valence-corrected chi connectivity index (χ4v) is 2.92. The lowest BCUT2D eigenvalue weighted by molar-refractivity contribution is -0.386. The van der Waals surface area contributed by atoms with Crippen molar-refractivity contribution in [3.05, 3.63) is 93.8 Å². The molecule has 2 heterocycles. The number of aryl methyl sites for hydroxylation is 1. The summed E-state index contributed by atoms with van der Waals surface area (Å²) in [5.41, 5.74) is 1.88. The molecule has 0 fully saturated rings. The molecule has 4 aromatic rings. The van der Waals surface area contributed by atoms with Gasteiger partial charge in [-0.25, -0.2) is 18.7 Å². The van der Waals surface area contributed by atoms with Gasteiger partial charge in [-0.1, -0.05) is 29.8 Å². The van der Waals surface area contributed by atoms with Crippen LogP contribution in [0.15, 0.2) is 61.1 Å². The van der Waals surface area contributed by atoms with Crippen molar-refractivity contribution < 1.29 is 18.8 Å². The number of aromatic nitrogens is 5. The van der Waals surface area contributed by atoms with Crippen molar-refractivity contribution in [3.8, 4) is 5.75 Å². The predicted molar refractivity (Wildman–Crippen MR) is 114 cm³/mol. The van der Waals surface area contributed by atoms with E-state index >= 15 is 0 Å². The number of rotatable bonds is 8. The van der Waals surface area contributed by atoms with Gasteiger partial charge in [-0.05, 0) is 24.6 Å². The molecule has 12 heteroatoms. The van der Waals surface area contributed by atoms with Crippen molar-refractivity contribution >= 4 is 17.5 Å². The molecule has 0 aliphatic rings. The van der Waals surface area contributed by atoms with Gasteiger partial charge < -0.3 is 4.74 Å². The molecule has 0 radical (unpaired) electrons. The summed E-state index contributed by atoms with van der Waals surface area (Å²) in [6, 6.07) is 12.3. The summed E-state index contributed by atoms with van der Waals surface area (Å²) in [7, 11) is 0. The third-order valence-corrected chi connectivity index (χ3v) is 4.57. The van der Waals surface area contributed by atoms with E-state index in [1.807, 2.05) is 31.2 Å². The van der Waals surface area contributed by atoms with E-state index in [1.165, 1.54) is 23.3 Å². The van der Waals surface area contributed by atoms with Crippen LogP contribution >= 0.6 is 0 Å². The zero-order chi connectivity index (χ0) is 23.4. The van der Waals surface area contributed by atoms with Gasteiger partial charge in [0.15, 0.2) is 12.4 Å². The van der Waals surface area contributed by atoms with Crippen LogP contribution in [0.2, 0.25) is 0 Å². The van der Waals surface area contributed by atoms with Crippen molar-refractivity contribution in [1.82, 2.24) is 24.5 Å². The standard InChI is InChI=1S/C21H18FN7O4/c1-14-2-4-15(5-3-14)11-28-12-23-21(26-28)24-20(30)17-8-9-27(25-17)13-33-19-10-16(22)6-7-18(19)29(31)32/h2-10,12H,11,13H2,1H3,(H,24,26,30). The zero-order valence-electron chi connectivity index (χ0n) is 17.4. The monoisotopic (exact) mass is 451 g/mol. The Hall–Kier alpha value is -4.61. The number of nitro benzene ring substituents is 1. The highest BCUT2D eigenvalue weighted by Gasteiger charge is 2.17. The Labute approximate surface area is 186 Å². The highest BCUT2D eigenvalue weighted by atomic mass is 19.1. The number of benzene rings is 2. The molecular formula is C21H18FN7O4. The van der Waals surface area contributed by atoms with E-state index in [9.17, 15) is 19.3 Å². The number of carbonyl (C=O) groups excluding carboxylic acids is 1. The number of ether oxygens (including phenoxy) is 1. The minimum absolute atomic E-state index is 0.0576. The topological polar surface area (TPSA) is 130 Å². The Morgan fingerprint density at radius 1 is 1.15 bits per heavy atom. The van der Waals surface area contributed by atoms with E-state index in [4.69, 9.17) is 4.74 Å². The van der Waals surface area contributed by atoms with Gasteiger partial charge in [0, 0.05) is 18.3 Å². The first-order valence-electron chi connectivity index (χ1n) is 9.74. The lowest BCUT2D eigenvalue weighted by atomic mass is 10.1. The van der Waals surface area contributed by atoms with Crippen LogP contribution in [0, 0.1) is 22.9 Å². The summed E-state index contributed by atoms with van der Waals surface area (Å²) in [5, 5.41) is 21.9. The zero-order valence-corrected chi connectivity index (χ0v) is 17.4. The SMILES string of the molecule is Cc1ccc(Cn2cnc(NC(=O)c3ccn(COc4cc(F)ccc4[N+](=O)[O-])n3)n2)cc1. The van der Waals surface area contributed by atoms with Crippen LogP contribution < -0.4 is 10.1 Å². The maximum absolute atomic E-state index is 13.4. The van der Waals surface area contributed by atoms with E-state index in [0.29, 0.717) is 6.54 Å². The van der Waals surface area contributed by atoms with Crippen molar-refractivity contribution in [2.75, 3.05) is 5.32 Å². The molecule has 11 nitrogen and oxygen atoms in total. The highest BCUT2D eigenvalue weighted by Crippen LogP contribution is 2.27. The number of hydrogen-bond acceptors (Lipinski definition) is 7. The van der Waals surface area contributed by atoms with Gasteiger partial charge in [0.2, 0.25) is 11.7 Å². The molecule has 1 N–H and O–H groups in total. The lowest BCUT2D eigenvalue weighted by Gasteiger charge is -2.06. The van der Waals surface area contributed by atoms with Crippen LogP contribution in [-0.4, -0.2) is 35.4 Å². The number of nitrogens with one attached hydrogen (secondary N) is 1. The summed E-state index contributed by atoms with van der Waals surface area (Å²) in [4.78, 5) is 26.9. The second-order valence-electron chi connectivity index (χ2n) is 7.09. The molecule has 0 aliphatic heterocycles. The summed E-state index contributed by atoms with van der Waals surface area (Å²) < 4.78 is 21.5. The maximum Gasteiger partial charge on any atom is 0.311 e. The molecule has 0 saturated carbocycles. The Balaban J connectivity index is 1.36. The average Bonchev–Trinajstić information content (AvgIpc) is 3.43. The number of nitro groups is 1. The van der Waals surface area contributed by atoms with Crippen LogP contribution in [-0.2, 0) is 13.3 Å². The largest absolute Gasteiger partial charge is 0.464 e. The summed E-state index contributed by atoms with van der Waals surface area (Å²) in [6.07, 6.45) is 2.96. The number of carbonyl (C=O) groups is 1. The van der Waals surface area contributed by atoms with Gasteiger partial charge in [0.05, 0.1) is 11.5 Å². The van der Waals surface area contributed by atoms with E-state index < -0.39 is 16.6 Å². The molecule has 0 atom stereocenters. The molecule has 4 rings (SSSR count). The molecule has 2 aromatic heterocycles. The first kappa shape index (κ1) is 21.6. The third kappa shape index (κ3) is 5.36. The highest BCUT2D eigenvalue weighted by molar-refractivity contribution is 6.01. The Morgan fingerprint density at radius 3 is 2.70 bits per heavy atom. The quantitative estimate of drug-likeness (QED) is 0.322. The van der Waals surface area contributed by atoms with Gasteiger partial charge >= 0.3 is 5.69 Å². The van der Waals surface area contributed by atoms with Gasteiger partial charge in [-0.15, -0.1) is 5.10 Å². The summed E-state index contributed by atoms with van der Waals surface area (Å²) in [6.45, 7) is 2.24. The van der Waals surface area contributed by atoms with E-state index in [-0.39, 0.29) is 29.8 Å². The molecule has 0 unspecified atom stereocenters. The van der Waals surface area contributed by atoms with Crippen LogP contribution in [0.5, 0.6) is 5.75 Å². The van der Waals surface area contributed by atoms with Gasteiger partial charge in [-0.3, -0.25) is 20.2 Å². The molecule has 168 valence electrons. The fourth-order valence-electron chi connectivity index (χ4n) is 2.92. The molecule has 33 heavy (non-hydrogen) atoms. The number of halogens is 1. The molecule has 1 amide bonds. The average molecular weight is 451 g/mol. The molecule has 0 aliphatic carbocycles. The number of anilines is 1. The molecule has 0 spiro atoms. The van der Waals surface area contributed by atoms with Crippen molar-refractivity contribution in [2.24, 2.45) is 0 Å². The Morgan fingerprint density at radius 2 is 1.94 bits per heavy atom. The molecule has 0 bridgehead atoms. The Kier molecular flexibility index (Phi) is 6.06. The summed E-state index contributed by atoms with van der Waals surface area (Å²) >= 11 is 0. The second-order valence-corrected chi connectivity index (χ2v) is 7.09. The number of amides is 1. The molecular weight excluding hydrogens is 433 g/mol. The first-order valence-corrected chi connectivity index (χ1v) is 9.74. The minimum atomic E-state index is -0.679. The normalized spacial score (nSPS) is 10.7. The van der Waals surface area contributed by atoms with Crippen LogP contribution in [0.25, 0.3) is 0 Å². The van der Waals surface area contributed by atoms with Crippen LogP contribution in [0.1, 0.15) is 21.6 Å². The smallest absolute Gasteiger partial charge is 0.311 e. The van der Waals surface area contributed by atoms with Gasteiger partial charge in [0.25, 0.3) is 5.91 Å². The van der Waals surface area contributed by atoms with Crippen LogP contribution in [0.3, 0.4) is 0 Å².